The van der Waals surface area contributed by atoms with E-state index in [1.165, 1.54) is 6.07 Å². The highest BCUT2D eigenvalue weighted by Gasteiger charge is 2.15. The number of pyridine rings is 1. The molecule has 2 aromatic rings. The Kier molecular flexibility index (Phi) is 6.69. The van der Waals surface area contributed by atoms with Gasteiger partial charge >= 0.3 is 0 Å². The maximum Gasteiger partial charge on any atom is 0.251 e. The van der Waals surface area contributed by atoms with Crippen LogP contribution in [0.25, 0.3) is 0 Å². The number of halogens is 1. The lowest BCUT2D eigenvalue weighted by Gasteiger charge is -2.15. The normalized spacial score (nSPS) is 10.5. The van der Waals surface area contributed by atoms with Crippen LogP contribution in [0.5, 0.6) is 0 Å². The molecule has 4 N–H and O–H groups in total. The van der Waals surface area contributed by atoms with E-state index in [9.17, 15) is 9.59 Å². The highest BCUT2D eigenvalue weighted by Crippen LogP contribution is 2.25. The number of carbonyl (C=O) groups is 1. The molecule has 0 atom stereocenters. The monoisotopic (exact) mass is 376 g/mol. The van der Waals surface area contributed by atoms with E-state index < -0.39 is 0 Å². The van der Waals surface area contributed by atoms with Crippen molar-refractivity contribution in [1.29, 1.82) is 0 Å². The lowest BCUT2D eigenvalue weighted by Crippen LogP contribution is -2.28. The Hall–Kier alpha value is -2.47. The van der Waals surface area contributed by atoms with Crippen molar-refractivity contribution in [1.82, 2.24) is 10.3 Å². The Morgan fingerprint density at radius 2 is 1.81 bits per heavy atom. The van der Waals surface area contributed by atoms with Crippen molar-refractivity contribution in [3.05, 3.63) is 55.8 Å². The minimum atomic E-state index is -0.272. The SMILES string of the molecule is CCNc1cc(Cl)cc(C(=O)NCc2c(NCC)[nH]c(C)cc2=O)c1C. The number of amides is 1. The zero-order valence-electron chi connectivity index (χ0n) is 15.5. The van der Waals surface area contributed by atoms with Crippen LogP contribution in [0.4, 0.5) is 11.5 Å². The molecule has 0 aliphatic heterocycles. The van der Waals surface area contributed by atoms with E-state index in [0.717, 1.165) is 23.5 Å². The summed E-state index contributed by atoms with van der Waals surface area (Å²) in [6.07, 6.45) is 0. The fraction of sp³-hybridized carbons (Fsp3) is 0.368. The van der Waals surface area contributed by atoms with E-state index in [0.29, 0.717) is 28.5 Å². The van der Waals surface area contributed by atoms with Gasteiger partial charge in [0.15, 0.2) is 5.43 Å². The highest BCUT2D eigenvalue weighted by molar-refractivity contribution is 6.31. The number of nitrogens with one attached hydrogen (secondary N) is 4. The van der Waals surface area contributed by atoms with Crippen molar-refractivity contribution in [2.45, 2.75) is 34.2 Å². The number of aromatic nitrogens is 1. The van der Waals surface area contributed by atoms with Crippen LogP contribution in [0.2, 0.25) is 5.02 Å². The second kappa shape index (κ2) is 8.76. The van der Waals surface area contributed by atoms with E-state index >= 15 is 0 Å². The number of hydrogen-bond acceptors (Lipinski definition) is 4. The van der Waals surface area contributed by atoms with Gasteiger partial charge in [-0.3, -0.25) is 9.59 Å². The Labute approximate surface area is 158 Å². The van der Waals surface area contributed by atoms with E-state index in [2.05, 4.69) is 20.9 Å². The third-order valence-corrected chi connectivity index (χ3v) is 4.25. The van der Waals surface area contributed by atoms with Crippen LogP contribution in [-0.2, 0) is 6.54 Å². The summed E-state index contributed by atoms with van der Waals surface area (Å²) >= 11 is 6.14. The third-order valence-electron chi connectivity index (χ3n) is 4.03. The maximum absolute atomic E-state index is 12.7. The molecule has 1 amide bonds. The third kappa shape index (κ3) is 4.58. The standard InChI is InChI=1S/C19H25ClN4O2/c1-5-21-16-9-13(20)8-14(12(16)4)19(26)23-10-15-17(25)7-11(3)24-18(15)22-6-2/h7-9,21H,5-6,10H2,1-4H3,(H,23,26)(H2,22,24,25). The molecule has 1 heterocycles. The maximum atomic E-state index is 12.7. The molecule has 0 saturated carbocycles. The van der Waals surface area contributed by atoms with Gasteiger partial charge in [0.05, 0.1) is 12.1 Å². The van der Waals surface area contributed by atoms with Gasteiger partial charge in [0, 0.05) is 41.1 Å². The first-order chi connectivity index (χ1) is 12.4. The second-order valence-corrected chi connectivity index (χ2v) is 6.48. The van der Waals surface area contributed by atoms with Gasteiger partial charge in [-0.25, -0.2) is 0 Å². The van der Waals surface area contributed by atoms with Crippen molar-refractivity contribution in [2.24, 2.45) is 0 Å². The van der Waals surface area contributed by atoms with Gasteiger partial charge in [-0.05, 0) is 45.4 Å². The van der Waals surface area contributed by atoms with E-state index in [4.69, 9.17) is 11.6 Å². The number of anilines is 2. The first kappa shape index (κ1) is 19.8. The predicted molar refractivity (Wildman–Crippen MR) is 107 cm³/mol. The lowest BCUT2D eigenvalue weighted by molar-refractivity contribution is 0.0950. The Morgan fingerprint density at radius 3 is 2.46 bits per heavy atom. The molecule has 0 aliphatic carbocycles. The number of benzene rings is 1. The molecule has 0 radical (unpaired) electrons. The van der Waals surface area contributed by atoms with Gasteiger partial charge in [0.25, 0.3) is 5.91 Å². The van der Waals surface area contributed by atoms with E-state index in [1.54, 1.807) is 12.1 Å². The van der Waals surface area contributed by atoms with Crippen molar-refractivity contribution in [2.75, 3.05) is 23.7 Å². The molecule has 0 unspecified atom stereocenters. The summed E-state index contributed by atoms with van der Waals surface area (Å²) in [5.41, 5.74) is 3.28. The minimum absolute atomic E-state index is 0.117. The van der Waals surface area contributed by atoms with Crippen LogP contribution >= 0.6 is 11.6 Å². The quantitative estimate of drug-likeness (QED) is 0.596. The average molecular weight is 377 g/mol. The number of hydrogen-bond donors (Lipinski definition) is 4. The van der Waals surface area contributed by atoms with E-state index in [1.807, 2.05) is 27.7 Å². The van der Waals surface area contributed by atoms with Gasteiger partial charge in [0.2, 0.25) is 0 Å². The molecule has 140 valence electrons. The van der Waals surface area contributed by atoms with Gasteiger partial charge in [0.1, 0.15) is 5.82 Å². The van der Waals surface area contributed by atoms with Crippen LogP contribution in [0, 0.1) is 13.8 Å². The topological polar surface area (TPSA) is 86.0 Å². The molecule has 7 heteroatoms. The summed E-state index contributed by atoms with van der Waals surface area (Å²) in [6, 6.07) is 4.96. The molecule has 0 fully saturated rings. The van der Waals surface area contributed by atoms with Crippen molar-refractivity contribution >= 4 is 29.0 Å². The molecule has 26 heavy (non-hydrogen) atoms. The van der Waals surface area contributed by atoms with Crippen LogP contribution in [0.3, 0.4) is 0 Å². The van der Waals surface area contributed by atoms with Gasteiger partial charge in [-0.15, -0.1) is 0 Å². The molecule has 0 saturated heterocycles. The van der Waals surface area contributed by atoms with Crippen molar-refractivity contribution < 1.29 is 4.79 Å². The summed E-state index contributed by atoms with van der Waals surface area (Å²) in [4.78, 5) is 28.1. The first-order valence-corrected chi connectivity index (χ1v) is 9.04. The highest BCUT2D eigenvalue weighted by atomic mass is 35.5. The number of aromatic amines is 1. The van der Waals surface area contributed by atoms with Crippen LogP contribution in [-0.4, -0.2) is 24.0 Å². The molecule has 6 nitrogen and oxygen atoms in total. The van der Waals surface area contributed by atoms with E-state index in [-0.39, 0.29) is 17.9 Å². The van der Waals surface area contributed by atoms with Crippen molar-refractivity contribution in [3.8, 4) is 0 Å². The molecule has 0 bridgehead atoms. The molecule has 2 rings (SSSR count). The summed E-state index contributed by atoms with van der Waals surface area (Å²) in [5.74, 6) is 0.362. The molecule has 1 aromatic heterocycles. The zero-order valence-corrected chi connectivity index (χ0v) is 16.3. The Balaban J connectivity index is 2.26. The summed E-state index contributed by atoms with van der Waals surface area (Å²) in [7, 11) is 0. The summed E-state index contributed by atoms with van der Waals surface area (Å²) in [5, 5.41) is 9.64. The fourth-order valence-electron chi connectivity index (χ4n) is 2.77. The lowest BCUT2D eigenvalue weighted by atomic mass is 10.1. The Bertz CT molecular complexity index is 861. The Morgan fingerprint density at radius 1 is 1.12 bits per heavy atom. The minimum Gasteiger partial charge on any atom is -0.385 e. The summed E-state index contributed by atoms with van der Waals surface area (Å²) in [6.45, 7) is 9.13. The number of aryl methyl sites for hydroxylation is 1. The van der Waals surface area contributed by atoms with Crippen LogP contribution < -0.4 is 21.4 Å². The number of H-pyrrole nitrogens is 1. The molecular weight excluding hydrogens is 352 g/mol. The molecular formula is C19H25ClN4O2. The van der Waals surface area contributed by atoms with Gasteiger partial charge in [-0.2, -0.15) is 0 Å². The molecule has 1 aromatic carbocycles. The van der Waals surface area contributed by atoms with Crippen LogP contribution in [0.1, 0.15) is 41.0 Å². The first-order valence-electron chi connectivity index (χ1n) is 8.66. The zero-order chi connectivity index (χ0) is 19.3. The predicted octanol–water partition coefficient (Wildman–Crippen LogP) is 3.44. The number of rotatable bonds is 7. The molecule has 0 spiro atoms. The van der Waals surface area contributed by atoms with Crippen molar-refractivity contribution in [3.63, 3.8) is 0 Å². The second-order valence-electron chi connectivity index (χ2n) is 6.04. The smallest absolute Gasteiger partial charge is 0.251 e. The van der Waals surface area contributed by atoms with Crippen LogP contribution in [0.15, 0.2) is 23.0 Å². The average Bonchev–Trinajstić information content (AvgIpc) is 2.57. The van der Waals surface area contributed by atoms with Gasteiger partial charge < -0.3 is 20.9 Å². The largest absolute Gasteiger partial charge is 0.385 e. The number of carbonyl (C=O) groups excluding carboxylic acids is 1. The fourth-order valence-corrected chi connectivity index (χ4v) is 2.99. The van der Waals surface area contributed by atoms with Gasteiger partial charge in [-0.1, -0.05) is 11.6 Å². The molecule has 0 aliphatic rings. The summed E-state index contributed by atoms with van der Waals surface area (Å²) < 4.78 is 0.